The molecule has 0 radical (unpaired) electrons. The lowest BCUT2D eigenvalue weighted by atomic mass is 10.1. The van der Waals surface area contributed by atoms with E-state index in [-0.39, 0.29) is 97.5 Å². The molecular formula is C44H102N6O10S14. The summed E-state index contributed by atoms with van der Waals surface area (Å²) in [6, 6.07) is 0. The number of ketones is 2. The van der Waals surface area contributed by atoms with Crippen molar-refractivity contribution in [2.45, 2.75) is 76.9 Å². The summed E-state index contributed by atoms with van der Waals surface area (Å²) in [6.45, 7) is 6.74. The summed E-state index contributed by atoms with van der Waals surface area (Å²) in [7, 11) is 0. The minimum Gasteiger partial charge on any atom is -0.381 e. The lowest BCUT2D eigenvalue weighted by molar-refractivity contribution is -0.139. The number of nitrogens with one attached hydrogen (secondary N) is 4. The Balaban J connectivity index is -0.0000000633. The monoisotopic (exact) mass is 1320 g/mol. The Morgan fingerprint density at radius 3 is 1.05 bits per heavy atom. The number of carbonyl (C=O) groups excluding carboxylic acids is 8. The molecule has 1 atom stereocenters. The van der Waals surface area contributed by atoms with Crippen molar-refractivity contribution in [2.24, 2.45) is 0 Å². The number of thioether (sulfide) groups is 1. The molecule has 0 bridgehead atoms. The Hall–Kier alpha value is 1.04. The zero-order valence-corrected chi connectivity index (χ0v) is 59.4. The van der Waals surface area contributed by atoms with Gasteiger partial charge in [0.2, 0.25) is 23.6 Å². The Labute approximate surface area is 526 Å². The Morgan fingerprint density at radius 2 is 0.784 bits per heavy atom. The summed E-state index contributed by atoms with van der Waals surface area (Å²) >= 11 is 47.2. The fourth-order valence-electron chi connectivity index (χ4n) is 4.22. The first kappa shape index (κ1) is 107. The molecule has 0 aromatic heterocycles. The number of amides is 6. The van der Waals surface area contributed by atoms with E-state index in [2.05, 4.69) is 186 Å². The molecule has 0 spiro atoms. The van der Waals surface area contributed by atoms with E-state index in [0.29, 0.717) is 65.2 Å². The number of thiol groups is 13. The molecule has 2 rings (SSSR count). The molecule has 1 saturated heterocycles. The molecule has 2 aliphatic rings. The van der Waals surface area contributed by atoms with Crippen LogP contribution in [0.2, 0.25) is 0 Å². The van der Waals surface area contributed by atoms with Crippen molar-refractivity contribution in [1.29, 1.82) is 0 Å². The molecule has 1 unspecified atom stereocenters. The first-order chi connectivity index (χ1) is 36.0. The second-order valence-electron chi connectivity index (χ2n) is 10.6. The van der Waals surface area contributed by atoms with Crippen LogP contribution in [-0.4, -0.2) is 202 Å². The Morgan fingerprint density at radius 1 is 0.486 bits per heavy atom. The molecule has 1 fully saturated rings. The minimum atomic E-state index is -0.373. The quantitative estimate of drug-likeness (QED) is 0.0192. The predicted octanol–water partition coefficient (Wildman–Crippen LogP) is 7.06. The van der Waals surface area contributed by atoms with Gasteiger partial charge in [-0.15, -0.1) is 0 Å². The van der Waals surface area contributed by atoms with Crippen molar-refractivity contribution in [1.82, 2.24) is 31.5 Å². The van der Waals surface area contributed by atoms with Crippen molar-refractivity contribution in [3.8, 4) is 0 Å². The average Bonchev–Trinajstić information content (AvgIpc) is 3.97. The number of hydrogen-bond acceptors (Lipinski definition) is 26. The second-order valence-corrected chi connectivity index (χ2v) is 11.7. The largest absolute Gasteiger partial charge is 0.381 e. The van der Waals surface area contributed by atoms with Crippen LogP contribution in [0.15, 0.2) is 12.2 Å². The first-order valence-corrected chi connectivity index (χ1v) is 34.9. The van der Waals surface area contributed by atoms with Gasteiger partial charge in [0, 0.05) is 83.6 Å². The van der Waals surface area contributed by atoms with Crippen molar-refractivity contribution in [2.75, 3.05) is 140 Å². The Kier molecular flexibility index (Phi) is 158. The van der Waals surface area contributed by atoms with E-state index in [0.717, 1.165) is 4.90 Å². The third kappa shape index (κ3) is 81.9. The molecule has 16 nitrogen and oxygen atoms in total. The van der Waals surface area contributed by atoms with E-state index >= 15 is 0 Å². The highest BCUT2D eigenvalue weighted by Crippen LogP contribution is 2.23. The second kappa shape index (κ2) is 110. The van der Waals surface area contributed by atoms with E-state index in [1.54, 1.807) is 87.6 Å². The highest BCUT2D eigenvalue weighted by Gasteiger charge is 2.37. The van der Waals surface area contributed by atoms with Crippen LogP contribution in [0.5, 0.6) is 0 Å². The maximum atomic E-state index is 11.9. The molecule has 0 aromatic rings. The number of imide groups is 2. The van der Waals surface area contributed by atoms with Gasteiger partial charge in [0.25, 0.3) is 11.8 Å². The van der Waals surface area contributed by atoms with Gasteiger partial charge in [0.15, 0.2) is 0 Å². The minimum absolute atomic E-state index is 0.00157. The molecular weight excluding hydrogens is 1220 g/mol. The van der Waals surface area contributed by atoms with Gasteiger partial charge in [-0.1, -0.05) is 13.8 Å². The number of nitrogens with zero attached hydrogens (tertiary/aromatic N) is 2. The highest BCUT2D eigenvalue weighted by atomic mass is 32.2. The standard InChI is InChI=1S/C16H27N3O5S.C15H23N3O5.13CH4S/c1-3-17-18-14(21)7-10-24-9-4-5-12(20)6-8-19-15(22)11-13(25-2)16(19)23;1-2-16-17-13(20)8-11-23-10-3-4-12(19)7-9-18-14(21)5-6-15(18)22;13*1-2/h13,17H,3-11H2,1-2H3,(H,18,21);5-6,16H,2-4,7-11H2,1H3,(H,17,20);13*2H,1H3. The Bertz CT molecular complexity index is 1170. The van der Waals surface area contributed by atoms with E-state index in [4.69, 9.17) is 9.47 Å². The summed E-state index contributed by atoms with van der Waals surface area (Å²) in [5.74, 6) is -1.43. The van der Waals surface area contributed by atoms with Crippen molar-refractivity contribution in [3.63, 3.8) is 0 Å². The number of likely N-dealkylation sites (tertiary alicyclic amines) is 1. The van der Waals surface area contributed by atoms with Gasteiger partial charge < -0.3 is 9.47 Å². The number of ether oxygens (including phenoxy) is 2. The normalized spacial score (nSPS) is 11.1. The number of hydrazine groups is 2. The molecule has 74 heavy (non-hydrogen) atoms. The summed E-state index contributed by atoms with van der Waals surface area (Å²) < 4.78 is 10.6. The van der Waals surface area contributed by atoms with Crippen LogP contribution in [0, 0.1) is 0 Å². The molecule has 2 heterocycles. The summed E-state index contributed by atoms with van der Waals surface area (Å²) in [5.41, 5.74) is 10.4. The van der Waals surface area contributed by atoms with Crippen LogP contribution in [0.1, 0.15) is 71.6 Å². The van der Waals surface area contributed by atoms with Crippen LogP contribution >= 0.6 is 176 Å². The molecule has 0 saturated carbocycles. The van der Waals surface area contributed by atoms with Crippen LogP contribution in [0.25, 0.3) is 0 Å². The SMILES string of the molecule is CCNNC(=O)CCOCCCC(=O)CCN1C(=O)C=CC1=O.CCNNC(=O)CCOCCCC(=O)CCN1C(=O)CC(SC)C1=O.CS.CS.CS.CS.CS.CS.CS.CS.CS.CS.CS.CS.CS. The number of hydrogen-bond donors (Lipinski definition) is 17. The summed E-state index contributed by atoms with van der Waals surface area (Å²) in [6.07, 6.45) is 29.1. The smallest absolute Gasteiger partial charge is 0.253 e. The van der Waals surface area contributed by atoms with Gasteiger partial charge >= 0.3 is 0 Å². The van der Waals surface area contributed by atoms with Gasteiger partial charge in [-0.3, -0.25) is 59.0 Å². The van der Waals surface area contributed by atoms with Crippen LogP contribution < -0.4 is 21.7 Å². The van der Waals surface area contributed by atoms with Crippen molar-refractivity contribution >= 4 is 223 Å². The average molecular weight is 1320 g/mol. The van der Waals surface area contributed by atoms with Gasteiger partial charge in [-0.25, -0.2) is 10.9 Å². The molecule has 452 valence electrons. The first-order valence-electron chi connectivity index (χ1n) is 22.0. The fourth-order valence-corrected chi connectivity index (χ4v) is 4.86. The van der Waals surface area contributed by atoms with Crippen molar-refractivity contribution in [3.05, 3.63) is 12.2 Å². The van der Waals surface area contributed by atoms with E-state index in [1.165, 1.54) is 28.8 Å². The lowest BCUT2D eigenvalue weighted by Gasteiger charge is -2.13. The molecule has 30 heteroatoms. The van der Waals surface area contributed by atoms with Gasteiger partial charge in [0.1, 0.15) is 11.6 Å². The zero-order valence-electron chi connectivity index (χ0n) is 47.0. The van der Waals surface area contributed by atoms with Gasteiger partial charge in [-0.2, -0.15) is 176 Å². The highest BCUT2D eigenvalue weighted by molar-refractivity contribution is 8.00. The third-order valence-electron chi connectivity index (χ3n) is 6.86. The van der Waals surface area contributed by atoms with E-state index in [1.807, 2.05) is 13.8 Å². The number of rotatable bonds is 25. The maximum Gasteiger partial charge on any atom is 0.253 e. The topological polar surface area (TPSA) is 210 Å². The van der Waals surface area contributed by atoms with Crippen LogP contribution in [0.3, 0.4) is 0 Å². The lowest BCUT2D eigenvalue weighted by Crippen LogP contribution is -2.37. The van der Waals surface area contributed by atoms with Crippen molar-refractivity contribution < 1.29 is 47.8 Å². The van der Waals surface area contributed by atoms with Crippen LogP contribution in [0.4, 0.5) is 0 Å². The molecule has 2 aliphatic heterocycles. The van der Waals surface area contributed by atoms with Gasteiger partial charge in [-0.05, 0) is 100 Å². The summed E-state index contributed by atoms with van der Waals surface area (Å²) in [5, 5.41) is -0.305. The van der Waals surface area contributed by atoms with Crippen LogP contribution in [-0.2, 0) is 47.8 Å². The molecule has 4 N–H and O–H groups in total. The molecule has 0 aromatic carbocycles. The van der Waals surface area contributed by atoms with Gasteiger partial charge in [0.05, 0.1) is 31.3 Å². The molecule has 6 amide bonds. The number of Topliss-reactive ketones (excluding diaryl/α,β-unsaturated/α-hetero) is 2. The fraction of sp³-hybridized carbons (Fsp3) is 0.773. The van der Waals surface area contributed by atoms with E-state index < -0.39 is 0 Å². The zero-order chi connectivity index (χ0) is 61.7. The maximum absolute atomic E-state index is 11.9. The number of carbonyl (C=O) groups is 8. The molecule has 0 aliphatic carbocycles. The van der Waals surface area contributed by atoms with E-state index in [9.17, 15) is 38.4 Å². The summed E-state index contributed by atoms with van der Waals surface area (Å²) in [4.78, 5) is 94.6. The predicted molar refractivity (Wildman–Crippen MR) is 371 cm³/mol. The third-order valence-corrected chi connectivity index (χ3v) is 7.80.